The van der Waals surface area contributed by atoms with Gasteiger partial charge in [0.25, 0.3) is 0 Å². The summed E-state index contributed by atoms with van der Waals surface area (Å²) in [5.41, 5.74) is 2.53. The van der Waals surface area contributed by atoms with Crippen LogP contribution in [0.2, 0.25) is 0 Å². The number of ether oxygens (including phenoxy) is 1. The van der Waals surface area contributed by atoms with E-state index >= 15 is 0 Å². The highest BCUT2D eigenvalue weighted by atomic mass is 32.2. The third-order valence-electron chi connectivity index (χ3n) is 7.40. The third-order valence-corrected chi connectivity index (χ3v) is 8.58. The van der Waals surface area contributed by atoms with Crippen LogP contribution in [0, 0.1) is 6.92 Å². The summed E-state index contributed by atoms with van der Waals surface area (Å²) in [4.78, 5) is 28.8. The molecule has 1 fully saturated rings. The first-order valence-corrected chi connectivity index (χ1v) is 16.3. The molecule has 1 saturated carbocycles. The molecule has 1 atom stereocenters. The number of carbonyl (C=O) groups is 2. The Kier molecular flexibility index (Phi) is 11.9. The van der Waals surface area contributed by atoms with Crippen molar-refractivity contribution in [2.45, 2.75) is 90.8 Å². The van der Waals surface area contributed by atoms with Crippen molar-refractivity contribution in [3.05, 3.63) is 59.7 Å². The number of sulfonamides is 1. The van der Waals surface area contributed by atoms with E-state index in [9.17, 15) is 18.0 Å². The Hall–Kier alpha value is -3.07. The highest BCUT2D eigenvalue weighted by Gasteiger charge is 2.30. The summed E-state index contributed by atoms with van der Waals surface area (Å²) in [7, 11) is -3.62. The maximum atomic E-state index is 13.7. The second-order valence-electron chi connectivity index (χ2n) is 10.6. The molecule has 1 aliphatic carbocycles. The molecule has 3 rings (SSSR count). The number of benzene rings is 2. The molecule has 220 valence electrons. The lowest BCUT2D eigenvalue weighted by Crippen LogP contribution is -2.51. The van der Waals surface area contributed by atoms with Crippen LogP contribution < -0.4 is 14.4 Å². The number of anilines is 1. The van der Waals surface area contributed by atoms with E-state index < -0.39 is 16.1 Å². The predicted octanol–water partition coefficient (Wildman–Crippen LogP) is 5.20. The van der Waals surface area contributed by atoms with E-state index in [0.29, 0.717) is 37.4 Å². The number of hydrogen-bond acceptors (Lipinski definition) is 5. The summed E-state index contributed by atoms with van der Waals surface area (Å²) in [5.74, 6) is 0.198. The zero-order valence-electron chi connectivity index (χ0n) is 24.4. The van der Waals surface area contributed by atoms with Gasteiger partial charge >= 0.3 is 0 Å². The zero-order valence-corrected chi connectivity index (χ0v) is 25.2. The van der Waals surface area contributed by atoms with Crippen LogP contribution in [-0.2, 0) is 26.2 Å². The predicted molar refractivity (Wildman–Crippen MR) is 160 cm³/mol. The number of amides is 2. The fourth-order valence-electron chi connectivity index (χ4n) is 5.28. The van der Waals surface area contributed by atoms with Gasteiger partial charge in [0.05, 0.1) is 18.6 Å². The SMILES string of the molecule is CCOc1ccccc1N(CCCC(=O)N(Cc1ccc(C)cc1)C(CC)C(=O)NC1CCCCC1)S(C)(=O)=O. The standard InChI is InChI=1S/C31H45N3O5S/c1-5-27(31(36)32-26-13-8-7-9-14-26)33(23-25-20-18-24(3)19-21-25)30(35)17-12-22-34(40(4,37)38)28-15-10-11-16-29(28)39-6-2/h10-11,15-16,18-21,26-27H,5-9,12-14,17,22-23H2,1-4H3,(H,32,36). The molecule has 8 nitrogen and oxygen atoms in total. The Bertz CT molecular complexity index is 1210. The molecular formula is C31H45N3O5S. The van der Waals surface area contributed by atoms with Crippen LogP contribution in [-0.4, -0.2) is 56.6 Å². The third kappa shape index (κ3) is 8.98. The van der Waals surface area contributed by atoms with Crippen LogP contribution in [0.5, 0.6) is 5.75 Å². The van der Waals surface area contributed by atoms with Crippen molar-refractivity contribution in [2.75, 3.05) is 23.7 Å². The molecule has 40 heavy (non-hydrogen) atoms. The molecule has 0 aromatic heterocycles. The molecule has 0 aliphatic heterocycles. The van der Waals surface area contributed by atoms with Gasteiger partial charge in [-0.05, 0) is 57.2 Å². The molecule has 1 unspecified atom stereocenters. The van der Waals surface area contributed by atoms with E-state index in [1.54, 1.807) is 29.2 Å². The lowest BCUT2D eigenvalue weighted by Gasteiger charge is -2.33. The minimum absolute atomic E-state index is 0.113. The van der Waals surface area contributed by atoms with Crippen molar-refractivity contribution in [1.29, 1.82) is 0 Å². The van der Waals surface area contributed by atoms with Gasteiger partial charge in [-0.25, -0.2) is 8.42 Å². The Labute approximate surface area is 240 Å². The molecule has 0 spiro atoms. The molecule has 2 amide bonds. The molecule has 1 N–H and O–H groups in total. The fraction of sp³-hybridized carbons (Fsp3) is 0.548. The monoisotopic (exact) mass is 571 g/mol. The van der Waals surface area contributed by atoms with Crippen LogP contribution in [0.1, 0.15) is 76.3 Å². The van der Waals surface area contributed by atoms with Gasteiger partial charge in [0, 0.05) is 25.6 Å². The van der Waals surface area contributed by atoms with Crippen LogP contribution in [0.25, 0.3) is 0 Å². The van der Waals surface area contributed by atoms with E-state index in [1.807, 2.05) is 45.0 Å². The van der Waals surface area contributed by atoms with Crippen molar-refractivity contribution in [1.82, 2.24) is 10.2 Å². The van der Waals surface area contributed by atoms with Gasteiger partial charge in [-0.15, -0.1) is 0 Å². The van der Waals surface area contributed by atoms with E-state index in [0.717, 1.165) is 43.1 Å². The minimum atomic E-state index is -3.62. The van der Waals surface area contributed by atoms with E-state index in [4.69, 9.17) is 4.74 Å². The molecule has 0 bridgehead atoms. The molecule has 0 saturated heterocycles. The van der Waals surface area contributed by atoms with E-state index in [2.05, 4.69) is 5.32 Å². The van der Waals surface area contributed by atoms with Crippen LogP contribution in [0.4, 0.5) is 5.69 Å². The molecular weight excluding hydrogens is 526 g/mol. The first-order chi connectivity index (χ1) is 19.1. The lowest BCUT2D eigenvalue weighted by molar-refractivity contribution is -0.141. The second-order valence-corrected chi connectivity index (χ2v) is 12.5. The Balaban J connectivity index is 1.77. The minimum Gasteiger partial charge on any atom is -0.492 e. The summed E-state index contributed by atoms with van der Waals surface area (Å²) >= 11 is 0. The topological polar surface area (TPSA) is 96.0 Å². The number of hydrogen-bond donors (Lipinski definition) is 1. The molecule has 2 aromatic carbocycles. The number of aryl methyl sites for hydroxylation is 1. The van der Waals surface area contributed by atoms with Crippen molar-refractivity contribution in [3.63, 3.8) is 0 Å². The quantitative estimate of drug-likeness (QED) is 0.336. The molecule has 0 heterocycles. The van der Waals surface area contributed by atoms with E-state index in [-0.39, 0.29) is 30.8 Å². The van der Waals surface area contributed by atoms with E-state index in [1.165, 1.54) is 10.7 Å². The average molecular weight is 572 g/mol. The Morgan fingerprint density at radius 3 is 2.33 bits per heavy atom. The molecule has 2 aromatic rings. The first kappa shape index (κ1) is 31.5. The van der Waals surface area contributed by atoms with Crippen molar-refractivity contribution < 1.29 is 22.7 Å². The molecule has 9 heteroatoms. The first-order valence-electron chi connectivity index (χ1n) is 14.5. The van der Waals surface area contributed by atoms with Gasteiger partial charge in [0.15, 0.2) is 0 Å². The summed E-state index contributed by atoms with van der Waals surface area (Å²) in [6.07, 6.45) is 7.42. The molecule has 0 radical (unpaired) electrons. The van der Waals surface area contributed by atoms with Gasteiger partial charge in [-0.1, -0.05) is 68.1 Å². The van der Waals surface area contributed by atoms with Gasteiger partial charge in [0.2, 0.25) is 21.8 Å². The molecule has 1 aliphatic rings. The number of para-hydroxylation sites is 2. The van der Waals surface area contributed by atoms with Crippen LogP contribution in [0.15, 0.2) is 48.5 Å². The maximum absolute atomic E-state index is 13.7. The van der Waals surface area contributed by atoms with Crippen molar-refractivity contribution >= 4 is 27.5 Å². The maximum Gasteiger partial charge on any atom is 0.243 e. The number of carbonyl (C=O) groups excluding carboxylic acids is 2. The summed E-state index contributed by atoms with van der Waals surface area (Å²) in [6.45, 7) is 6.63. The lowest BCUT2D eigenvalue weighted by atomic mass is 9.95. The van der Waals surface area contributed by atoms with Gasteiger partial charge in [-0.3, -0.25) is 13.9 Å². The number of nitrogens with zero attached hydrogens (tertiary/aromatic N) is 2. The van der Waals surface area contributed by atoms with Crippen LogP contribution >= 0.6 is 0 Å². The zero-order chi connectivity index (χ0) is 29.1. The Morgan fingerprint density at radius 1 is 1.02 bits per heavy atom. The smallest absolute Gasteiger partial charge is 0.243 e. The van der Waals surface area contributed by atoms with Gasteiger partial charge in [0.1, 0.15) is 11.8 Å². The average Bonchev–Trinajstić information content (AvgIpc) is 2.92. The van der Waals surface area contributed by atoms with Gasteiger partial charge < -0.3 is 15.0 Å². The highest BCUT2D eigenvalue weighted by Crippen LogP contribution is 2.30. The van der Waals surface area contributed by atoms with Crippen molar-refractivity contribution in [2.24, 2.45) is 0 Å². The highest BCUT2D eigenvalue weighted by molar-refractivity contribution is 7.92. The van der Waals surface area contributed by atoms with Gasteiger partial charge in [-0.2, -0.15) is 0 Å². The summed E-state index contributed by atoms with van der Waals surface area (Å²) in [5, 5.41) is 3.20. The largest absolute Gasteiger partial charge is 0.492 e. The number of nitrogens with one attached hydrogen (secondary N) is 1. The normalized spacial score (nSPS) is 14.8. The number of rotatable bonds is 14. The van der Waals surface area contributed by atoms with Crippen molar-refractivity contribution in [3.8, 4) is 5.75 Å². The van der Waals surface area contributed by atoms with Crippen LogP contribution in [0.3, 0.4) is 0 Å². The second kappa shape index (κ2) is 15.1. The fourth-order valence-corrected chi connectivity index (χ4v) is 6.25. The summed E-state index contributed by atoms with van der Waals surface area (Å²) < 4.78 is 32.4. The Morgan fingerprint density at radius 2 is 1.70 bits per heavy atom. The summed E-state index contributed by atoms with van der Waals surface area (Å²) in [6, 6.07) is 14.5.